The lowest BCUT2D eigenvalue weighted by Crippen LogP contribution is -2.17. The van der Waals surface area contributed by atoms with E-state index in [2.05, 4.69) is 15.0 Å². The Morgan fingerprint density at radius 2 is 1.88 bits per heavy atom. The van der Waals surface area contributed by atoms with Crippen LogP contribution >= 0.6 is 0 Å². The Bertz CT molecular complexity index is 545. The molecule has 3 rings (SSSR count). The molecule has 2 atom stereocenters. The summed E-state index contributed by atoms with van der Waals surface area (Å²) in [5.41, 5.74) is 6.90. The summed E-state index contributed by atoms with van der Waals surface area (Å²) in [6.07, 6.45) is 2.64. The van der Waals surface area contributed by atoms with Crippen molar-refractivity contribution >= 4 is 17.0 Å². The Morgan fingerprint density at radius 3 is 2.59 bits per heavy atom. The van der Waals surface area contributed by atoms with Crippen molar-refractivity contribution in [3.8, 4) is 0 Å². The lowest BCUT2D eigenvalue weighted by Gasteiger charge is -2.11. The van der Waals surface area contributed by atoms with Gasteiger partial charge in [-0.2, -0.15) is 0 Å². The van der Waals surface area contributed by atoms with Crippen LogP contribution in [0.3, 0.4) is 0 Å². The zero-order valence-electron chi connectivity index (χ0n) is 9.06. The summed E-state index contributed by atoms with van der Waals surface area (Å²) in [4.78, 5) is 12.2. The van der Waals surface area contributed by atoms with Crippen molar-refractivity contribution in [2.24, 2.45) is 0 Å². The van der Waals surface area contributed by atoms with Crippen molar-refractivity contribution in [3.05, 3.63) is 12.7 Å². The van der Waals surface area contributed by atoms with Crippen LogP contribution in [0.5, 0.6) is 0 Å². The largest absolute Gasteiger partial charge is 0.390 e. The molecule has 0 unspecified atom stereocenters. The third-order valence-electron chi connectivity index (χ3n) is 3.25. The van der Waals surface area contributed by atoms with Gasteiger partial charge in [-0.1, -0.05) is 0 Å². The van der Waals surface area contributed by atoms with Crippen LogP contribution in [0, 0.1) is 0 Å². The SMILES string of the molecule is Nc1ncnc2c1ncn2C1C[C@H](O)[C@@H](O)C1. The highest BCUT2D eigenvalue weighted by atomic mass is 16.3. The summed E-state index contributed by atoms with van der Waals surface area (Å²) in [6.45, 7) is 0. The van der Waals surface area contributed by atoms with Gasteiger partial charge in [0, 0.05) is 6.04 Å². The third kappa shape index (κ3) is 1.55. The van der Waals surface area contributed by atoms with Gasteiger partial charge in [0.2, 0.25) is 0 Å². The Labute approximate surface area is 96.9 Å². The summed E-state index contributed by atoms with van der Waals surface area (Å²) in [7, 11) is 0. The van der Waals surface area contributed by atoms with E-state index in [0.717, 1.165) is 0 Å². The van der Waals surface area contributed by atoms with Crippen LogP contribution in [0.4, 0.5) is 5.82 Å². The molecule has 1 aliphatic carbocycles. The monoisotopic (exact) mass is 235 g/mol. The van der Waals surface area contributed by atoms with Gasteiger partial charge in [0.05, 0.1) is 18.5 Å². The summed E-state index contributed by atoms with van der Waals surface area (Å²) in [5, 5.41) is 19.1. The van der Waals surface area contributed by atoms with Gasteiger partial charge in [0.25, 0.3) is 0 Å². The molecule has 2 aromatic heterocycles. The second-order valence-electron chi connectivity index (χ2n) is 4.34. The molecule has 0 amide bonds. The molecule has 0 saturated heterocycles. The molecule has 90 valence electrons. The predicted octanol–water partition coefficient (Wildman–Crippen LogP) is -0.535. The average Bonchev–Trinajstić information content (AvgIpc) is 2.85. The average molecular weight is 235 g/mol. The number of nitrogen functional groups attached to an aromatic ring is 1. The van der Waals surface area contributed by atoms with Crippen molar-refractivity contribution in [1.29, 1.82) is 0 Å². The topological polar surface area (TPSA) is 110 Å². The Morgan fingerprint density at radius 1 is 1.18 bits per heavy atom. The van der Waals surface area contributed by atoms with Gasteiger partial charge in [-0.05, 0) is 12.8 Å². The number of nitrogens with zero attached hydrogens (tertiary/aromatic N) is 4. The number of aromatic nitrogens is 4. The lowest BCUT2D eigenvalue weighted by molar-refractivity contribution is 0.0438. The molecule has 17 heavy (non-hydrogen) atoms. The van der Waals surface area contributed by atoms with E-state index >= 15 is 0 Å². The molecule has 1 saturated carbocycles. The van der Waals surface area contributed by atoms with Crippen LogP contribution in [-0.4, -0.2) is 41.9 Å². The first kappa shape index (κ1) is 10.4. The molecular weight excluding hydrogens is 222 g/mol. The Balaban J connectivity index is 2.04. The minimum Gasteiger partial charge on any atom is -0.390 e. The summed E-state index contributed by atoms with van der Waals surface area (Å²) < 4.78 is 1.84. The smallest absolute Gasteiger partial charge is 0.165 e. The van der Waals surface area contributed by atoms with Crippen molar-refractivity contribution in [2.75, 3.05) is 5.73 Å². The van der Waals surface area contributed by atoms with E-state index in [-0.39, 0.29) is 6.04 Å². The first-order valence-electron chi connectivity index (χ1n) is 5.46. The van der Waals surface area contributed by atoms with Gasteiger partial charge < -0.3 is 20.5 Å². The molecule has 1 fully saturated rings. The summed E-state index contributed by atoms with van der Waals surface area (Å²) >= 11 is 0. The molecule has 7 nitrogen and oxygen atoms in total. The standard InChI is InChI=1S/C10H13N5O2/c11-9-8-10(13-3-12-9)15(4-14-8)5-1-6(16)7(17)2-5/h3-7,16-17H,1-2H2,(H2,11,12,13)/t6-,7-/m0/s1. The van der Waals surface area contributed by atoms with Gasteiger partial charge in [-0.3, -0.25) is 0 Å². The normalized spacial score (nSPS) is 25.8. The number of hydrogen-bond donors (Lipinski definition) is 3. The molecule has 0 aliphatic heterocycles. The molecular formula is C10H13N5O2. The molecule has 2 heterocycles. The quantitative estimate of drug-likeness (QED) is 0.612. The number of hydrogen-bond acceptors (Lipinski definition) is 6. The molecule has 0 spiro atoms. The number of nitrogens with two attached hydrogens (primary N) is 1. The molecule has 4 N–H and O–H groups in total. The fourth-order valence-electron chi connectivity index (χ4n) is 2.33. The van der Waals surface area contributed by atoms with Crippen molar-refractivity contribution < 1.29 is 10.2 Å². The first-order chi connectivity index (χ1) is 8.16. The van der Waals surface area contributed by atoms with Crippen molar-refractivity contribution in [1.82, 2.24) is 19.5 Å². The van der Waals surface area contributed by atoms with E-state index in [9.17, 15) is 10.2 Å². The van der Waals surface area contributed by atoms with E-state index in [0.29, 0.717) is 29.8 Å². The third-order valence-corrected chi connectivity index (χ3v) is 3.25. The van der Waals surface area contributed by atoms with Crippen LogP contribution in [0.25, 0.3) is 11.2 Å². The fraction of sp³-hybridized carbons (Fsp3) is 0.500. The Hall–Kier alpha value is -1.73. The van der Waals surface area contributed by atoms with Crippen molar-refractivity contribution in [3.63, 3.8) is 0 Å². The zero-order chi connectivity index (χ0) is 12.0. The van der Waals surface area contributed by atoms with Gasteiger partial charge >= 0.3 is 0 Å². The van der Waals surface area contributed by atoms with Crippen LogP contribution in [0.15, 0.2) is 12.7 Å². The second kappa shape index (κ2) is 3.64. The highest BCUT2D eigenvalue weighted by molar-refractivity contribution is 5.81. The van der Waals surface area contributed by atoms with Crippen LogP contribution in [0.1, 0.15) is 18.9 Å². The number of fused-ring (bicyclic) bond motifs is 1. The van der Waals surface area contributed by atoms with Crippen LogP contribution in [0.2, 0.25) is 0 Å². The maximum atomic E-state index is 9.55. The number of aliphatic hydroxyl groups excluding tert-OH is 2. The highest BCUT2D eigenvalue weighted by Gasteiger charge is 2.33. The molecule has 0 bridgehead atoms. The maximum absolute atomic E-state index is 9.55. The summed E-state index contributed by atoms with van der Waals surface area (Å²) in [6, 6.07) is -0.000648. The van der Waals surface area contributed by atoms with E-state index in [4.69, 9.17) is 5.73 Å². The molecule has 2 aromatic rings. The van der Waals surface area contributed by atoms with E-state index in [1.54, 1.807) is 6.33 Å². The van der Waals surface area contributed by atoms with E-state index < -0.39 is 12.2 Å². The van der Waals surface area contributed by atoms with Gasteiger partial charge in [0.15, 0.2) is 11.5 Å². The molecule has 0 radical (unpaired) electrons. The molecule has 7 heteroatoms. The summed E-state index contributed by atoms with van der Waals surface area (Å²) in [5.74, 6) is 0.341. The lowest BCUT2D eigenvalue weighted by atomic mass is 10.2. The minimum atomic E-state index is -0.684. The number of anilines is 1. The van der Waals surface area contributed by atoms with Gasteiger partial charge in [-0.25, -0.2) is 15.0 Å². The number of imidazole rings is 1. The second-order valence-corrected chi connectivity index (χ2v) is 4.34. The molecule has 1 aliphatic rings. The number of aliphatic hydroxyl groups is 2. The van der Waals surface area contributed by atoms with E-state index in [1.165, 1.54) is 6.33 Å². The number of rotatable bonds is 1. The van der Waals surface area contributed by atoms with Gasteiger partial charge in [0.1, 0.15) is 11.8 Å². The van der Waals surface area contributed by atoms with Crippen LogP contribution in [-0.2, 0) is 0 Å². The molecule has 0 aromatic carbocycles. The first-order valence-corrected chi connectivity index (χ1v) is 5.46. The van der Waals surface area contributed by atoms with Crippen LogP contribution < -0.4 is 5.73 Å². The predicted molar refractivity (Wildman–Crippen MR) is 60.0 cm³/mol. The van der Waals surface area contributed by atoms with Gasteiger partial charge in [-0.15, -0.1) is 0 Å². The zero-order valence-corrected chi connectivity index (χ0v) is 9.06. The fourth-order valence-corrected chi connectivity index (χ4v) is 2.33. The highest BCUT2D eigenvalue weighted by Crippen LogP contribution is 2.32. The minimum absolute atomic E-state index is 0.000648. The maximum Gasteiger partial charge on any atom is 0.165 e. The van der Waals surface area contributed by atoms with Crippen molar-refractivity contribution in [2.45, 2.75) is 31.1 Å². The Kier molecular flexibility index (Phi) is 2.23. The van der Waals surface area contributed by atoms with E-state index in [1.807, 2.05) is 4.57 Å².